The van der Waals surface area contributed by atoms with Crippen molar-refractivity contribution in [1.29, 1.82) is 0 Å². The molecule has 2 aromatic rings. The molecule has 1 atom stereocenters. The summed E-state index contributed by atoms with van der Waals surface area (Å²) in [5.74, 6) is -0.323. The molecule has 0 bridgehead atoms. The number of benzene rings is 2. The number of amides is 2. The minimum absolute atomic E-state index is 0.00416. The molecule has 0 radical (unpaired) electrons. The Labute approximate surface area is 135 Å². The van der Waals surface area contributed by atoms with E-state index >= 15 is 0 Å². The van der Waals surface area contributed by atoms with Crippen molar-refractivity contribution in [1.82, 2.24) is 0 Å². The normalized spacial score (nSPS) is 16.5. The molecular formula is C18H19N3O2. The number of hydrogen-bond acceptors (Lipinski definition) is 3. The van der Waals surface area contributed by atoms with E-state index in [1.807, 2.05) is 55.5 Å². The third kappa shape index (κ3) is 3.18. The Bertz CT molecular complexity index is 757. The second-order valence-electron chi connectivity index (χ2n) is 5.73. The number of fused-ring (bicyclic) bond motifs is 1. The number of nitrogens with zero attached hydrogens (tertiary/aromatic N) is 1. The van der Waals surface area contributed by atoms with Crippen LogP contribution in [0.1, 0.15) is 12.5 Å². The van der Waals surface area contributed by atoms with Crippen LogP contribution in [0.3, 0.4) is 0 Å². The molecule has 3 rings (SSSR count). The van der Waals surface area contributed by atoms with E-state index in [0.29, 0.717) is 0 Å². The van der Waals surface area contributed by atoms with Gasteiger partial charge in [0.15, 0.2) is 0 Å². The van der Waals surface area contributed by atoms with Crippen molar-refractivity contribution in [2.75, 3.05) is 22.1 Å². The number of rotatable bonds is 3. The van der Waals surface area contributed by atoms with Gasteiger partial charge in [-0.1, -0.05) is 24.3 Å². The Balaban J connectivity index is 1.78. The first-order valence-corrected chi connectivity index (χ1v) is 7.58. The third-order valence-electron chi connectivity index (χ3n) is 3.81. The highest BCUT2D eigenvalue weighted by Gasteiger charge is 2.30. The molecule has 0 saturated carbocycles. The van der Waals surface area contributed by atoms with Crippen LogP contribution in [0.2, 0.25) is 0 Å². The van der Waals surface area contributed by atoms with E-state index in [9.17, 15) is 9.59 Å². The van der Waals surface area contributed by atoms with Crippen molar-refractivity contribution in [3.63, 3.8) is 0 Å². The molecular weight excluding hydrogens is 290 g/mol. The number of nitrogens with one attached hydrogen (secondary N) is 2. The van der Waals surface area contributed by atoms with Crippen molar-refractivity contribution in [3.8, 4) is 0 Å². The summed E-state index contributed by atoms with van der Waals surface area (Å²) in [5.41, 5.74) is 3.40. The van der Waals surface area contributed by atoms with Gasteiger partial charge < -0.3 is 10.6 Å². The summed E-state index contributed by atoms with van der Waals surface area (Å²) in [5, 5.41) is 5.99. The minimum atomic E-state index is -0.350. The highest BCUT2D eigenvalue weighted by atomic mass is 16.2. The second-order valence-corrected chi connectivity index (χ2v) is 5.73. The van der Waals surface area contributed by atoms with E-state index in [2.05, 4.69) is 10.6 Å². The number of hydrogen-bond donors (Lipinski definition) is 2. The van der Waals surface area contributed by atoms with Crippen LogP contribution in [0, 0.1) is 6.92 Å². The quantitative estimate of drug-likeness (QED) is 0.916. The summed E-state index contributed by atoms with van der Waals surface area (Å²) in [6.45, 7) is 3.76. The highest BCUT2D eigenvalue weighted by Crippen LogP contribution is 2.30. The van der Waals surface area contributed by atoms with E-state index in [4.69, 9.17) is 0 Å². The Hall–Kier alpha value is -2.82. The monoisotopic (exact) mass is 309 g/mol. The molecule has 0 aliphatic carbocycles. The van der Waals surface area contributed by atoms with Gasteiger partial charge in [0.25, 0.3) is 0 Å². The topological polar surface area (TPSA) is 61.4 Å². The van der Waals surface area contributed by atoms with Crippen molar-refractivity contribution in [3.05, 3.63) is 54.1 Å². The summed E-state index contributed by atoms with van der Waals surface area (Å²) < 4.78 is 0. The number of aryl methyl sites for hydroxylation is 1. The van der Waals surface area contributed by atoms with Crippen molar-refractivity contribution in [2.45, 2.75) is 19.9 Å². The van der Waals surface area contributed by atoms with E-state index in [1.54, 1.807) is 6.92 Å². The molecule has 0 saturated heterocycles. The molecule has 2 aromatic carbocycles. The summed E-state index contributed by atoms with van der Waals surface area (Å²) in [4.78, 5) is 26.3. The number of carbonyl (C=O) groups excluding carboxylic acids is 2. The van der Waals surface area contributed by atoms with E-state index in [-0.39, 0.29) is 24.4 Å². The number of carbonyl (C=O) groups is 2. The minimum Gasteiger partial charge on any atom is -0.372 e. The van der Waals surface area contributed by atoms with Gasteiger partial charge in [-0.15, -0.1) is 0 Å². The standard InChI is InChI=1S/C18H19N3O2/c1-12-6-5-7-14(10-12)20-17(22)11-21-16-9-4-3-8-15(16)19-13(2)18(21)23/h3-10,13,19H,11H2,1-2H3,(H,20,22). The second kappa shape index (κ2) is 6.12. The van der Waals surface area contributed by atoms with Gasteiger partial charge in [-0.05, 0) is 43.7 Å². The zero-order valence-electron chi connectivity index (χ0n) is 13.2. The van der Waals surface area contributed by atoms with Crippen LogP contribution >= 0.6 is 0 Å². The van der Waals surface area contributed by atoms with Gasteiger partial charge in [-0.2, -0.15) is 0 Å². The fourth-order valence-corrected chi connectivity index (χ4v) is 2.71. The summed E-state index contributed by atoms with van der Waals surface area (Å²) in [7, 11) is 0. The zero-order chi connectivity index (χ0) is 16.4. The fraction of sp³-hybridized carbons (Fsp3) is 0.222. The van der Waals surface area contributed by atoms with Crippen molar-refractivity contribution < 1.29 is 9.59 Å². The third-order valence-corrected chi connectivity index (χ3v) is 3.81. The molecule has 2 N–H and O–H groups in total. The van der Waals surface area contributed by atoms with E-state index in [0.717, 1.165) is 22.6 Å². The molecule has 1 heterocycles. The van der Waals surface area contributed by atoms with Gasteiger partial charge in [-0.3, -0.25) is 14.5 Å². The predicted octanol–water partition coefficient (Wildman–Crippen LogP) is 2.78. The van der Waals surface area contributed by atoms with Crippen LogP contribution in [0.25, 0.3) is 0 Å². The van der Waals surface area contributed by atoms with Crippen LogP contribution in [0.5, 0.6) is 0 Å². The molecule has 0 aromatic heterocycles. The Kier molecular flexibility index (Phi) is 4.02. The molecule has 23 heavy (non-hydrogen) atoms. The largest absolute Gasteiger partial charge is 0.372 e. The summed E-state index contributed by atoms with van der Waals surface area (Å²) in [6, 6.07) is 14.7. The molecule has 0 fully saturated rings. The first-order valence-electron chi connectivity index (χ1n) is 7.58. The molecule has 1 aliphatic rings. The molecule has 1 aliphatic heterocycles. The molecule has 2 amide bonds. The van der Waals surface area contributed by atoms with Crippen LogP contribution in [-0.4, -0.2) is 24.4 Å². The Morgan fingerprint density at radius 2 is 2.00 bits per heavy atom. The lowest BCUT2D eigenvalue weighted by atomic mass is 10.1. The Morgan fingerprint density at radius 3 is 2.78 bits per heavy atom. The maximum atomic E-state index is 12.4. The Morgan fingerprint density at radius 1 is 1.22 bits per heavy atom. The molecule has 5 nitrogen and oxygen atoms in total. The lowest BCUT2D eigenvalue weighted by Crippen LogP contribution is -2.48. The molecule has 0 spiro atoms. The van der Waals surface area contributed by atoms with E-state index < -0.39 is 0 Å². The highest BCUT2D eigenvalue weighted by molar-refractivity contribution is 6.09. The average Bonchev–Trinajstić information content (AvgIpc) is 2.52. The maximum absolute atomic E-state index is 12.4. The van der Waals surface area contributed by atoms with Crippen LogP contribution in [0.15, 0.2) is 48.5 Å². The van der Waals surface area contributed by atoms with Gasteiger partial charge in [0.2, 0.25) is 11.8 Å². The van der Waals surface area contributed by atoms with Crippen LogP contribution < -0.4 is 15.5 Å². The van der Waals surface area contributed by atoms with Gasteiger partial charge >= 0.3 is 0 Å². The van der Waals surface area contributed by atoms with Gasteiger partial charge in [0.1, 0.15) is 12.6 Å². The SMILES string of the molecule is Cc1cccc(NC(=O)CN2C(=O)C(C)Nc3ccccc32)c1. The number of para-hydroxylation sites is 2. The van der Waals surface area contributed by atoms with Gasteiger partial charge in [0, 0.05) is 5.69 Å². The lowest BCUT2D eigenvalue weighted by molar-refractivity contribution is -0.122. The van der Waals surface area contributed by atoms with E-state index in [1.165, 1.54) is 4.90 Å². The van der Waals surface area contributed by atoms with Crippen LogP contribution in [-0.2, 0) is 9.59 Å². The first kappa shape index (κ1) is 15.1. The zero-order valence-corrected chi connectivity index (χ0v) is 13.2. The first-order chi connectivity index (χ1) is 11.0. The van der Waals surface area contributed by atoms with Crippen molar-refractivity contribution >= 4 is 28.9 Å². The fourth-order valence-electron chi connectivity index (χ4n) is 2.71. The van der Waals surface area contributed by atoms with Crippen molar-refractivity contribution in [2.24, 2.45) is 0 Å². The van der Waals surface area contributed by atoms with Gasteiger partial charge in [-0.25, -0.2) is 0 Å². The maximum Gasteiger partial charge on any atom is 0.249 e. The molecule has 5 heteroatoms. The smallest absolute Gasteiger partial charge is 0.249 e. The lowest BCUT2D eigenvalue weighted by Gasteiger charge is -2.33. The molecule has 1 unspecified atom stereocenters. The number of anilines is 3. The molecule has 118 valence electrons. The van der Waals surface area contributed by atoms with Crippen LogP contribution in [0.4, 0.5) is 17.1 Å². The predicted molar refractivity (Wildman–Crippen MR) is 91.7 cm³/mol. The summed E-state index contributed by atoms with van der Waals surface area (Å²) in [6.07, 6.45) is 0. The van der Waals surface area contributed by atoms with Gasteiger partial charge in [0.05, 0.1) is 11.4 Å². The summed E-state index contributed by atoms with van der Waals surface area (Å²) >= 11 is 0. The average molecular weight is 309 g/mol.